The fraction of sp³-hybridized carbons (Fsp3) is 0.341. The molecule has 3 heterocycles. The van der Waals surface area contributed by atoms with Crippen molar-refractivity contribution in [1.29, 1.82) is 0 Å². The molecule has 0 saturated heterocycles. The molecule has 1 aromatic heterocycles. The van der Waals surface area contributed by atoms with Gasteiger partial charge in [-0.15, -0.1) is 0 Å². The Kier molecular flexibility index (Phi) is 13.3. The zero-order chi connectivity index (χ0) is 43.6. The summed E-state index contributed by atoms with van der Waals surface area (Å²) >= 11 is 19.2. The number of carboxylic acid groups (broad SMARTS) is 1. The standard InChI is InChI=1S/C44H45Cl3N6O7S/c1-3-4-18-50(21-17-39(54)55)44(58)41-40(47)27(2)53(48-41)38-13-10-31(24-34(38)43(57)52-20-15-29-7-5-6-8-32(29)26-52)42(56)49-61(59,60)33-11-14-37-30(23-33)16-19-51(37)25-28-9-12-35(45)36(46)22-28/h5-14,23-24,28H,3-4,15-22,25-26H2,1-2H3,(H,49,56)(H,54,55). The molecule has 1 aliphatic carbocycles. The van der Waals surface area contributed by atoms with Gasteiger partial charge in [0.05, 0.1) is 38.3 Å². The van der Waals surface area contributed by atoms with Crippen molar-refractivity contribution in [3.05, 3.63) is 127 Å². The Morgan fingerprint density at radius 3 is 2.41 bits per heavy atom. The smallest absolute Gasteiger partial charge is 0.305 e. The van der Waals surface area contributed by atoms with Gasteiger partial charge in [-0.1, -0.05) is 78.5 Å². The van der Waals surface area contributed by atoms with E-state index in [-0.39, 0.29) is 51.3 Å². The molecule has 0 bridgehead atoms. The van der Waals surface area contributed by atoms with Gasteiger partial charge in [-0.05, 0) is 97.7 Å². The maximum Gasteiger partial charge on any atom is 0.305 e. The van der Waals surface area contributed by atoms with Crippen LogP contribution in [0.4, 0.5) is 5.69 Å². The lowest BCUT2D eigenvalue weighted by atomic mass is 9.98. The maximum atomic E-state index is 14.5. The van der Waals surface area contributed by atoms with Crippen molar-refractivity contribution in [2.75, 3.05) is 37.6 Å². The number of carbonyl (C=O) groups is 4. The first-order valence-electron chi connectivity index (χ1n) is 20.1. The molecule has 0 radical (unpaired) electrons. The second-order valence-electron chi connectivity index (χ2n) is 15.4. The van der Waals surface area contributed by atoms with Crippen LogP contribution in [0, 0.1) is 12.8 Å². The molecule has 17 heteroatoms. The number of benzene rings is 3. The Hall–Kier alpha value is -5.15. The number of nitrogens with one attached hydrogen (secondary N) is 1. The number of carbonyl (C=O) groups excluding carboxylic acids is 3. The molecule has 2 aliphatic heterocycles. The van der Waals surface area contributed by atoms with Crippen LogP contribution in [0.2, 0.25) is 5.02 Å². The topological polar surface area (TPSA) is 162 Å². The first-order valence-corrected chi connectivity index (χ1v) is 22.7. The lowest BCUT2D eigenvalue weighted by Gasteiger charge is -2.29. The molecule has 0 saturated carbocycles. The molecule has 4 aromatic rings. The average Bonchev–Trinajstić information content (AvgIpc) is 3.79. The third-order valence-corrected chi connectivity index (χ3v) is 13.9. The van der Waals surface area contributed by atoms with Crippen LogP contribution in [0.15, 0.2) is 87.8 Å². The molecule has 7 rings (SSSR count). The summed E-state index contributed by atoms with van der Waals surface area (Å²) in [6.45, 7) is 5.88. The molecule has 0 spiro atoms. The van der Waals surface area contributed by atoms with Crippen LogP contribution in [0.5, 0.6) is 0 Å². The molecular weight excluding hydrogens is 863 g/mol. The van der Waals surface area contributed by atoms with Crippen LogP contribution in [0.25, 0.3) is 5.69 Å². The quantitative estimate of drug-likeness (QED) is 0.131. The number of nitrogens with zero attached hydrogens (tertiary/aromatic N) is 5. The van der Waals surface area contributed by atoms with Crippen molar-refractivity contribution >= 4 is 74.2 Å². The number of carboxylic acids is 1. The van der Waals surface area contributed by atoms with E-state index in [1.165, 1.54) is 33.8 Å². The second kappa shape index (κ2) is 18.4. The number of unbranched alkanes of at least 4 members (excludes halogenated alkanes) is 1. The largest absolute Gasteiger partial charge is 0.481 e. The number of aromatic nitrogens is 2. The monoisotopic (exact) mass is 906 g/mol. The van der Waals surface area contributed by atoms with E-state index in [0.29, 0.717) is 74.2 Å². The lowest BCUT2D eigenvalue weighted by Crippen LogP contribution is -2.37. The van der Waals surface area contributed by atoms with Crippen molar-refractivity contribution in [3.8, 4) is 5.69 Å². The summed E-state index contributed by atoms with van der Waals surface area (Å²) in [6.07, 6.45) is 6.79. The predicted molar refractivity (Wildman–Crippen MR) is 234 cm³/mol. The second-order valence-corrected chi connectivity index (χ2v) is 18.3. The van der Waals surface area contributed by atoms with Gasteiger partial charge in [0.25, 0.3) is 27.7 Å². The highest BCUT2D eigenvalue weighted by molar-refractivity contribution is 7.90. The van der Waals surface area contributed by atoms with Gasteiger partial charge in [0.2, 0.25) is 0 Å². The van der Waals surface area contributed by atoms with E-state index in [1.54, 1.807) is 30.0 Å². The number of hydrogen-bond donors (Lipinski definition) is 2. The number of amides is 3. The number of rotatable bonds is 14. The molecule has 320 valence electrons. The van der Waals surface area contributed by atoms with Crippen LogP contribution < -0.4 is 9.62 Å². The zero-order valence-electron chi connectivity index (χ0n) is 33.7. The summed E-state index contributed by atoms with van der Waals surface area (Å²) in [5.74, 6) is -2.86. The maximum absolute atomic E-state index is 14.5. The summed E-state index contributed by atoms with van der Waals surface area (Å²) in [7, 11) is -4.36. The van der Waals surface area contributed by atoms with E-state index in [2.05, 4.69) is 14.7 Å². The summed E-state index contributed by atoms with van der Waals surface area (Å²) in [4.78, 5) is 58.7. The fourth-order valence-electron chi connectivity index (χ4n) is 7.93. The van der Waals surface area contributed by atoms with E-state index in [1.807, 2.05) is 37.3 Å². The molecule has 2 N–H and O–H groups in total. The van der Waals surface area contributed by atoms with E-state index < -0.39 is 33.7 Å². The van der Waals surface area contributed by atoms with Gasteiger partial charge in [-0.25, -0.2) is 17.8 Å². The SMILES string of the molecule is CCCCN(CCC(=O)O)C(=O)c1nn(-c2ccc(C(=O)NS(=O)(=O)c3ccc4c(c3)CCN4CC3C=CC(Cl)=C(Cl)C3)cc2C(=O)N2CCc3ccccc3C2)c(C)c1Cl. The highest BCUT2D eigenvalue weighted by atomic mass is 35.5. The normalized spacial score (nSPS) is 16.0. The molecule has 1 unspecified atom stereocenters. The minimum Gasteiger partial charge on any atom is -0.481 e. The predicted octanol–water partition coefficient (Wildman–Crippen LogP) is 7.50. The number of allylic oxidation sites excluding steroid dienone is 3. The Morgan fingerprint density at radius 2 is 1.67 bits per heavy atom. The van der Waals surface area contributed by atoms with E-state index in [9.17, 15) is 32.7 Å². The molecule has 13 nitrogen and oxygen atoms in total. The first-order chi connectivity index (χ1) is 29.1. The number of sulfonamides is 1. The minimum absolute atomic E-state index is 0.0230. The third-order valence-electron chi connectivity index (χ3n) is 11.3. The van der Waals surface area contributed by atoms with Gasteiger partial charge in [0.1, 0.15) is 0 Å². The highest BCUT2D eigenvalue weighted by Crippen LogP contribution is 2.35. The van der Waals surface area contributed by atoms with Crippen LogP contribution in [0.1, 0.15) is 86.2 Å². The van der Waals surface area contributed by atoms with Crippen molar-refractivity contribution in [1.82, 2.24) is 24.3 Å². The first kappa shape index (κ1) is 43.9. The number of anilines is 1. The van der Waals surface area contributed by atoms with Crippen molar-refractivity contribution < 1.29 is 32.7 Å². The summed E-state index contributed by atoms with van der Waals surface area (Å²) in [5, 5.41) is 15.1. The Balaban J connectivity index is 1.17. The number of halogens is 3. The minimum atomic E-state index is -4.36. The molecule has 0 fully saturated rings. The third kappa shape index (κ3) is 9.52. The van der Waals surface area contributed by atoms with Gasteiger partial charge >= 0.3 is 5.97 Å². The van der Waals surface area contributed by atoms with Crippen LogP contribution in [-0.2, 0) is 34.2 Å². The van der Waals surface area contributed by atoms with Gasteiger partial charge in [0.15, 0.2) is 5.69 Å². The number of aliphatic carboxylic acids is 1. The van der Waals surface area contributed by atoms with Gasteiger partial charge in [-0.3, -0.25) is 19.2 Å². The average molecular weight is 908 g/mol. The Labute approximate surface area is 369 Å². The molecule has 1 atom stereocenters. The van der Waals surface area contributed by atoms with Crippen LogP contribution >= 0.6 is 34.8 Å². The molecule has 3 amide bonds. The Morgan fingerprint density at radius 1 is 0.934 bits per heavy atom. The number of hydrogen-bond acceptors (Lipinski definition) is 8. The summed E-state index contributed by atoms with van der Waals surface area (Å²) < 4.78 is 31.0. The lowest BCUT2D eigenvalue weighted by molar-refractivity contribution is -0.137. The van der Waals surface area contributed by atoms with Crippen molar-refractivity contribution in [3.63, 3.8) is 0 Å². The van der Waals surface area contributed by atoms with Crippen molar-refractivity contribution in [2.24, 2.45) is 5.92 Å². The van der Waals surface area contributed by atoms with Gasteiger partial charge in [-0.2, -0.15) is 5.10 Å². The van der Waals surface area contributed by atoms with E-state index in [4.69, 9.17) is 34.8 Å². The van der Waals surface area contributed by atoms with Crippen LogP contribution in [0.3, 0.4) is 0 Å². The van der Waals surface area contributed by atoms with E-state index in [0.717, 1.165) is 28.8 Å². The zero-order valence-corrected chi connectivity index (χ0v) is 36.8. The Bertz CT molecular complexity index is 2590. The van der Waals surface area contributed by atoms with Crippen molar-refractivity contribution in [2.45, 2.75) is 63.8 Å². The molecule has 3 aliphatic rings. The molecule has 61 heavy (non-hydrogen) atoms. The summed E-state index contributed by atoms with van der Waals surface area (Å²) in [5.41, 5.74) is 4.18. The molecule has 3 aromatic carbocycles. The fourth-order valence-corrected chi connectivity index (χ4v) is 9.56. The van der Waals surface area contributed by atoms with E-state index >= 15 is 0 Å². The highest BCUT2D eigenvalue weighted by Gasteiger charge is 2.31. The number of fused-ring (bicyclic) bond motifs is 2. The van der Waals surface area contributed by atoms with Crippen LogP contribution in [-0.4, -0.2) is 89.5 Å². The van der Waals surface area contributed by atoms with Gasteiger partial charge in [0, 0.05) is 55.6 Å². The molecular formula is C44H45Cl3N6O7S. The van der Waals surface area contributed by atoms with Gasteiger partial charge < -0.3 is 19.8 Å². The summed E-state index contributed by atoms with van der Waals surface area (Å²) in [6, 6.07) is 16.8.